The molecule has 2 amide bonds. The van der Waals surface area contributed by atoms with Crippen LogP contribution in [0.1, 0.15) is 25.8 Å². The van der Waals surface area contributed by atoms with Gasteiger partial charge in [-0.15, -0.1) is 0 Å². The zero-order valence-corrected chi connectivity index (χ0v) is 14.3. The number of ether oxygens (including phenoxy) is 1. The molecule has 23 heavy (non-hydrogen) atoms. The Balaban J connectivity index is 2.14. The Hall–Kier alpha value is -2.30. The summed E-state index contributed by atoms with van der Waals surface area (Å²) < 4.78 is 5.36. The molecule has 0 radical (unpaired) electrons. The predicted octanol–water partition coefficient (Wildman–Crippen LogP) is 3.43. The van der Waals surface area contributed by atoms with Gasteiger partial charge < -0.3 is 15.0 Å². The quantitative estimate of drug-likeness (QED) is 0.888. The van der Waals surface area contributed by atoms with Crippen molar-refractivity contribution in [1.82, 2.24) is 15.2 Å². The standard InChI is InChI=1S/C18H25N3O2/c1-5-13(2)11-20-18(22)21(3)12-14-8-9-16(23-4)17-15(14)7-6-10-19-17/h6-10,13H,5,11-12H2,1-4H3,(H,20,22). The van der Waals surface area contributed by atoms with Crippen molar-refractivity contribution >= 4 is 16.9 Å². The number of benzene rings is 1. The Morgan fingerprint density at radius 3 is 2.87 bits per heavy atom. The third-order valence-corrected chi connectivity index (χ3v) is 4.10. The summed E-state index contributed by atoms with van der Waals surface area (Å²) in [6, 6.07) is 7.73. The molecule has 5 heteroatoms. The van der Waals surface area contributed by atoms with Crippen molar-refractivity contribution in [2.75, 3.05) is 20.7 Å². The maximum absolute atomic E-state index is 12.2. The monoisotopic (exact) mass is 315 g/mol. The second-order valence-electron chi connectivity index (χ2n) is 5.88. The van der Waals surface area contributed by atoms with E-state index in [1.807, 2.05) is 24.3 Å². The molecule has 0 aliphatic rings. The first-order valence-corrected chi connectivity index (χ1v) is 7.96. The molecule has 5 nitrogen and oxygen atoms in total. The number of carbonyl (C=O) groups is 1. The van der Waals surface area contributed by atoms with Gasteiger partial charge in [-0.05, 0) is 23.6 Å². The topological polar surface area (TPSA) is 54.5 Å². The molecule has 1 heterocycles. The van der Waals surface area contributed by atoms with Crippen LogP contribution >= 0.6 is 0 Å². The maximum atomic E-state index is 12.2. The first-order valence-electron chi connectivity index (χ1n) is 7.96. The smallest absolute Gasteiger partial charge is 0.317 e. The van der Waals surface area contributed by atoms with Gasteiger partial charge in [0.05, 0.1) is 7.11 Å². The van der Waals surface area contributed by atoms with Crippen molar-refractivity contribution in [3.63, 3.8) is 0 Å². The highest BCUT2D eigenvalue weighted by molar-refractivity contribution is 5.87. The molecule has 0 aliphatic carbocycles. The summed E-state index contributed by atoms with van der Waals surface area (Å²) in [6.45, 7) is 5.48. The van der Waals surface area contributed by atoms with Crippen LogP contribution in [0.2, 0.25) is 0 Å². The lowest BCUT2D eigenvalue weighted by Gasteiger charge is -2.20. The number of carbonyl (C=O) groups excluding carboxylic acids is 1. The fraction of sp³-hybridized carbons (Fsp3) is 0.444. The summed E-state index contributed by atoms with van der Waals surface area (Å²) in [6.07, 6.45) is 2.80. The predicted molar refractivity (Wildman–Crippen MR) is 92.6 cm³/mol. The van der Waals surface area contributed by atoms with Crippen molar-refractivity contribution in [1.29, 1.82) is 0 Å². The van der Waals surface area contributed by atoms with Gasteiger partial charge in [0.15, 0.2) is 0 Å². The third kappa shape index (κ3) is 4.12. The maximum Gasteiger partial charge on any atom is 0.317 e. The van der Waals surface area contributed by atoms with Crippen LogP contribution in [0.15, 0.2) is 30.5 Å². The number of nitrogens with zero attached hydrogens (tertiary/aromatic N) is 2. The second-order valence-corrected chi connectivity index (χ2v) is 5.88. The minimum absolute atomic E-state index is 0.0573. The number of urea groups is 1. The van der Waals surface area contributed by atoms with E-state index in [9.17, 15) is 4.79 Å². The number of rotatable bonds is 6. The average Bonchev–Trinajstić information content (AvgIpc) is 2.59. The Bertz CT molecular complexity index is 672. The van der Waals surface area contributed by atoms with Crippen LogP contribution in [0.5, 0.6) is 5.75 Å². The zero-order valence-electron chi connectivity index (χ0n) is 14.3. The molecule has 0 bridgehead atoms. The van der Waals surface area contributed by atoms with E-state index in [1.54, 1.807) is 25.3 Å². The molecular formula is C18H25N3O2. The number of methoxy groups -OCH3 is 1. The summed E-state index contributed by atoms with van der Waals surface area (Å²) in [5, 5.41) is 3.98. The van der Waals surface area contributed by atoms with Crippen LogP contribution in [0.3, 0.4) is 0 Å². The number of amides is 2. The number of hydrogen-bond donors (Lipinski definition) is 1. The molecule has 2 rings (SSSR count). The van der Waals surface area contributed by atoms with Gasteiger partial charge in [-0.1, -0.05) is 32.4 Å². The van der Waals surface area contributed by atoms with E-state index < -0.39 is 0 Å². The van der Waals surface area contributed by atoms with E-state index in [4.69, 9.17) is 4.74 Å². The molecule has 124 valence electrons. The van der Waals surface area contributed by atoms with Gasteiger partial charge in [-0.25, -0.2) is 4.79 Å². The third-order valence-electron chi connectivity index (χ3n) is 4.10. The summed E-state index contributed by atoms with van der Waals surface area (Å²) in [5.41, 5.74) is 1.87. The fourth-order valence-corrected chi connectivity index (χ4v) is 2.38. The Morgan fingerprint density at radius 1 is 1.39 bits per heavy atom. The fourth-order valence-electron chi connectivity index (χ4n) is 2.38. The molecule has 0 spiro atoms. The summed E-state index contributed by atoms with van der Waals surface area (Å²) in [5.74, 6) is 1.23. The normalized spacial score (nSPS) is 12.0. The molecule has 1 aromatic carbocycles. The molecule has 0 saturated carbocycles. The van der Waals surface area contributed by atoms with Gasteiger partial charge in [0.25, 0.3) is 0 Å². The Labute approximate surface area is 137 Å². The van der Waals surface area contributed by atoms with E-state index in [1.165, 1.54) is 0 Å². The van der Waals surface area contributed by atoms with Crippen molar-refractivity contribution in [3.05, 3.63) is 36.0 Å². The molecule has 0 saturated heterocycles. The van der Waals surface area contributed by atoms with Gasteiger partial charge in [0.2, 0.25) is 0 Å². The summed E-state index contributed by atoms with van der Waals surface area (Å²) in [4.78, 5) is 18.3. The van der Waals surface area contributed by atoms with Crippen LogP contribution in [0.25, 0.3) is 10.9 Å². The number of hydrogen-bond acceptors (Lipinski definition) is 3. The molecule has 2 aromatic rings. The molecule has 0 aliphatic heterocycles. The van der Waals surface area contributed by atoms with E-state index in [2.05, 4.69) is 24.1 Å². The number of fused-ring (bicyclic) bond motifs is 1. The van der Waals surface area contributed by atoms with Crippen molar-refractivity contribution in [2.45, 2.75) is 26.8 Å². The van der Waals surface area contributed by atoms with Crippen LogP contribution in [0.4, 0.5) is 4.79 Å². The van der Waals surface area contributed by atoms with Crippen molar-refractivity contribution in [2.24, 2.45) is 5.92 Å². The lowest BCUT2D eigenvalue weighted by molar-refractivity contribution is 0.205. The van der Waals surface area contributed by atoms with Gasteiger partial charge in [-0.2, -0.15) is 0 Å². The van der Waals surface area contributed by atoms with Gasteiger partial charge in [0, 0.05) is 31.7 Å². The zero-order chi connectivity index (χ0) is 16.8. The highest BCUT2D eigenvalue weighted by atomic mass is 16.5. The molecule has 1 N–H and O–H groups in total. The van der Waals surface area contributed by atoms with E-state index >= 15 is 0 Å². The first-order chi connectivity index (χ1) is 11.1. The summed E-state index contributed by atoms with van der Waals surface area (Å²) >= 11 is 0. The second kappa shape index (κ2) is 7.81. The minimum atomic E-state index is -0.0573. The van der Waals surface area contributed by atoms with Crippen LogP contribution < -0.4 is 10.1 Å². The highest BCUT2D eigenvalue weighted by Crippen LogP contribution is 2.27. The van der Waals surface area contributed by atoms with E-state index in [0.717, 1.165) is 28.6 Å². The van der Waals surface area contributed by atoms with Crippen LogP contribution in [0, 0.1) is 5.92 Å². The highest BCUT2D eigenvalue weighted by Gasteiger charge is 2.13. The van der Waals surface area contributed by atoms with Crippen LogP contribution in [-0.4, -0.2) is 36.6 Å². The molecule has 1 unspecified atom stereocenters. The number of aromatic nitrogens is 1. The Morgan fingerprint density at radius 2 is 2.17 bits per heavy atom. The van der Waals surface area contributed by atoms with Gasteiger partial charge in [0.1, 0.15) is 11.3 Å². The summed E-state index contributed by atoms with van der Waals surface area (Å²) in [7, 11) is 3.44. The minimum Gasteiger partial charge on any atom is -0.494 e. The molecular weight excluding hydrogens is 290 g/mol. The molecule has 1 aromatic heterocycles. The number of nitrogens with one attached hydrogen (secondary N) is 1. The first kappa shape index (κ1) is 17.1. The van der Waals surface area contributed by atoms with E-state index in [0.29, 0.717) is 19.0 Å². The lowest BCUT2D eigenvalue weighted by Crippen LogP contribution is -2.38. The van der Waals surface area contributed by atoms with Crippen LogP contribution in [-0.2, 0) is 6.54 Å². The molecule has 0 fully saturated rings. The van der Waals surface area contributed by atoms with Crippen molar-refractivity contribution < 1.29 is 9.53 Å². The van der Waals surface area contributed by atoms with Crippen molar-refractivity contribution in [3.8, 4) is 5.75 Å². The number of pyridine rings is 1. The average molecular weight is 315 g/mol. The van der Waals surface area contributed by atoms with E-state index in [-0.39, 0.29) is 6.03 Å². The molecule has 1 atom stereocenters. The van der Waals surface area contributed by atoms with Gasteiger partial charge >= 0.3 is 6.03 Å². The SMILES string of the molecule is CCC(C)CNC(=O)N(C)Cc1ccc(OC)c2ncccc12. The largest absolute Gasteiger partial charge is 0.494 e. The lowest BCUT2D eigenvalue weighted by atomic mass is 10.1. The van der Waals surface area contributed by atoms with Gasteiger partial charge in [-0.3, -0.25) is 4.98 Å². The Kier molecular flexibility index (Phi) is 5.79.